The summed E-state index contributed by atoms with van der Waals surface area (Å²) in [5, 5.41) is 6.44. The van der Waals surface area contributed by atoms with Gasteiger partial charge in [-0.3, -0.25) is 0 Å². The summed E-state index contributed by atoms with van der Waals surface area (Å²) in [6.07, 6.45) is 27.5. The van der Waals surface area contributed by atoms with Gasteiger partial charge < -0.3 is 9.80 Å². The molecular formula is C33H47N5O. The van der Waals surface area contributed by atoms with Crippen molar-refractivity contribution in [3.8, 4) is 0 Å². The Bertz CT molecular complexity index is 1060. The molecule has 2 aliphatic heterocycles. The highest BCUT2D eigenvalue weighted by Gasteiger charge is 2.36. The van der Waals surface area contributed by atoms with Crippen molar-refractivity contribution in [3.63, 3.8) is 0 Å². The molecule has 0 N–H and O–H groups in total. The van der Waals surface area contributed by atoms with Crippen LogP contribution in [0.1, 0.15) is 89.9 Å². The van der Waals surface area contributed by atoms with Crippen LogP contribution >= 0.6 is 0 Å². The molecule has 2 saturated carbocycles. The maximum atomic E-state index is 13.7. The Hall–Kier alpha value is -2.89. The van der Waals surface area contributed by atoms with Crippen molar-refractivity contribution in [2.24, 2.45) is 16.0 Å². The minimum absolute atomic E-state index is 0.0758. The molecule has 2 bridgehead atoms. The minimum atomic E-state index is 0.0758. The predicted octanol–water partition coefficient (Wildman–Crippen LogP) is 7.39. The molecule has 1 saturated heterocycles. The van der Waals surface area contributed by atoms with E-state index in [0.29, 0.717) is 19.0 Å². The van der Waals surface area contributed by atoms with E-state index in [2.05, 4.69) is 40.3 Å². The number of urea groups is 1. The van der Waals surface area contributed by atoms with Gasteiger partial charge in [0.1, 0.15) is 5.84 Å². The molecule has 2 amide bonds. The molecule has 1 unspecified atom stereocenters. The Labute approximate surface area is 235 Å². The lowest BCUT2D eigenvalue weighted by Gasteiger charge is -2.39. The van der Waals surface area contributed by atoms with Crippen LogP contribution in [0.2, 0.25) is 0 Å². The van der Waals surface area contributed by atoms with Crippen LogP contribution in [-0.4, -0.2) is 65.1 Å². The molecule has 0 aromatic carbocycles. The van der Waals surface area contributed by atoms with Gasteiger partial charge in [0.15, 0.2) is 0 Å². The van der Waals surface area contributed by atoms with Gasteiger partial charge in [-0.1, -0.05) is 81.4 Å². The Morgan fingerprint density at radius 2 is 1.62 bits per heavy atom. The van der Waals surface area contributed by atoms with Crippen LogP contribution in [-0.2, 0) is 0 Å². The van der Waals surface area contributed by atoms with Gasteiger partial charge >= 0.3 is 6.03 Å². The zero-order chi connectivity index (χ0) is 27.0. The number of aliphatic imine (C=N–C) groups is 1. The van der Waals surface area contributed by atoms with Gasteiger partial charge in [0.05, 0.1) is 6.04 Å². The number of piperazine rings is 1. The van der Waals surface area contributed by atoms with Crippen molar-refractivity contribution in [3.05, 3.63) is 59.9 Å². The molecule has 3 fully saturated rings. The predicted molar refractivity (Wildman–Crippen MR) is 162 cm³/mol. The monoisotopic (exact) mass is 529 g/mol. The molecule has 0 spiro atoms. The molecule has 6 heteroatoms. The number of rotatable bonds is 5. The number of hydrazone groups is 1. The van der Waals surface area contributed by atoms with Crippen LogP contribution < -0.4 is 0 Å². The number of nitrogens with zero attached hydrogens (tertiary/aromatic N) is 5. The third kappa shape index (κ3) is 6.64. The summed E-state index contributed by atoms with van der Waals surface area (Å²) in [6, 6.07) is 0.298. The average molecular weight is 530 g/mol. The fourth-order valence-electron chi connectivity index (χ4n) is 7.13. The number of carbonyl (C=O) groups is 1. The van der Waals surface area contributed by atoms with Crippen molar-refractivity contribution < 1.29 is 4.79 Å². The first-order valence-corrected chi connectivity index (χ1v) is 15.5. The smallest absolute Gasteiger partial charge is 0.340 e. The van der Waals surface area contributed by atoms with Crippen LogP contribution in [0.25, 0.3) is 0 Å². The molecule has 5 aliphatic rings. The van der Waals surface area contributed by atoms with Gasteiger partial charge in [-0.15, -0.1) is 0 Å². The fraction of sp³-hybridized carbons (Fsp3) is 0.606. The fourth-order valence-corrected chi connectivity index (χ4v) is 7.13. The van der Waals surface area contributed by atoms with Gasteiger partial charge in [-0.05, 0) is 61.7 Å². The first-order valence-electron chi connectivity index (χ1n) is 15.5. The van der Waals surface area contributed by atoms with Gasteiger partial charge in [0, 0.05) is 45.0 Å². The van der Waals surface area contributed by atoms with E-state index in [-0.39, 0.29) is 12.1 Å². The van der Waals surface area contributed by atoms with Crippen molar-refractivity contribution >= 4 is 18.1 Å². The Balaban J connectivity index is 1.22. The molecule has 1 atom stereocenters. The van der Waals surface area contributed by atoms with E-state index in [1.807, 2.05) is 22.2 Å². The number of amidine groups is 1. The standard InChI is InChI=1S/C33H47N5O/c1-3-27(30-24-26-13-12-16-29(30)23-26)25-32(34-4-2)36-19-21-37(22-20-36)33(39)38-31(17-18-35-38)28-14-10-8-6-5-7-9-11-15-28/h3-4,18,24-25,28,31H,1-2,5-17,19-23H2/b27-25+,34-32+. The molecular weight excluding hydrogens is 482 g/mol. The molecule has 6 nitrogen and oxygen atoms in total. The number of hydrogen-bond acceptors (Lipinski definition) is 3. The Morgan fingerprint density at radius 3 is 2.28 bits per heavy atom. The van der Waals surface area contributed by atoms with Crippen LogP contribution in [0.3, 0.4) is 0 Å². The van der Waals surface area contributed by atoms with Crippen LogP contribution in [0.15, 0.2) is 70.0 Å². The number of carbonyl (C=O) groups excluding carboxylic acids is 1. The average Bonchev–Trinajstić information content (AvgIpc) is 3.57. The maximum Gasteiger partial charge on any atom is 0.340 e. The van der Waals surface area contributed by atoms with E-state index in [1.54, 1.807) is 11.8 Å². The van der Waals surface area contributed by atoms with Gasteiger partial charge in [0.2, 0.25) is 0 Å². The van der Waals surface area contributed by atoms with Crippen molar-refractivity contribution in [1.82, 2.24) is 14.8 Å². The topological polar surface area (TPSA) is 51.5 Å². The number of amides is 2. The minimum Gasteiger partial charge on any atom is -0.353 e. The zero-order valence-corrected chi connectivity index (χ0v) is 23.8. The second kappa shape index (κ2) is 13.5. The summed E-state index contributed by atoms with van der Waals surface area (Å²) < 4.78 is 0. The first kappa shape index (κ1) is 27.7. The highest BCUT2D eigenvalue weighted by molar-refractivity contribution is 5.95. The molecule has 5 rings (SSSR count). The van der Waals surface area contributed by atoms with Crippen molar-refractivity contribution in [1.29, 1.82) is 0 Å². The van der Waals surface area contributed by atoms with Crippen molar-refractivity contribution in [2.75, 3.05) is 26.2 Å². The molecule has 210 valence electrons. The highest BCUT2D eigenvalue weighted by atomic mass is 16.2. The first-order chi connectivity index (χ1) is 19.2. The largest absolute Gasteiger partial charge is 0.353 e. The second-order valence-corrected chi connectivity index (χ2v) is 11.8. The summed E-state index contributed by atoms with van der Waals surface area (Å²) >= 11 is 0. The Kier molecular flexibility index (Phi) is 9.54. The van der Waals surface area contributed by atoms with E-state index < -0.39 is 0 Å². The van der Waals surface area contributed by atoms with Gasteiger partial charge in [-0.25, -0.2) is 14.8 Å². The van der Waals surface area contributed by atoms with Gasteiger partial charge in [0.25, 0.3) is 0 Å². The number of allylic oxidation sites excluding steroid dienone is 6. The quantitative estimate of drug-likeness (QED) is 0.212. The molecule has 2 heterocycles. The summed E-state index contributed by atoms with van der Waals surface area (Å²) in [5.41, 5.74) is 5.55. The number of fused-ring (bicyclic) bond motifs is 2. The maximum absolute atomic E-state index is 13.7. The van der Waals surface area contributed by atoms with Crippen LogP contribution in [0.5, 0.6) is 0 Å². The lowest BCUT2D eigenvalue weighted by Crippen LogP contribution is -2.54. The van der Waals surface area contributed by atoms with E-state index in [9.17, 15) is 4.79 Å². The normalized spacial score (nSPS) is 25.7. The molecule has 3 aliphatic carbocycles. The van der Waals surface area contributed by atoms with Gasteiger partial charge in [-0.2, -0.15) is 5.10 Å². The third-order valence-corrected chi connectivity index (χ3v) is 9.32. The molecule has 0 aromatic heterocycles. The number of hydrogen-bond donors (Lipinski definition) is 0. The molecule has 0 radical (unpaired) electrons. The molecule has 39 heavy (non-hydrogen) atoms. The summed E-state index contributed by atoms with van der Waals surface area (Å²) in [6.45, 7) is 10.8. The summed E-state index contributed by atoms with van der Waals surface area (Å²) in [7, 11) is 0. The van der Waals surface area contributed by atoms with E-state index >= 15 is 0 Å². The van der Waals surface area contributed by atoms with Crippen LogP contribution in [0.4, 0.5) is 4.79 Å². The van der Waals surface area contributed by atoms with E-state index in [0.717, 1.165) is 37.3 Å². The highest BCUT2D eigenvalue weighted by Crippen LogP contribution is 2.40. The van der Waals surface area contributed by atoms with E-state index in [4.69, 9.17) is 0 Å². The second-order valence-electron chi connectivity index (χ2n) is 11.8. The van der Waals surface area contributed by atoms with Crippen LogP contribution in [0, 0.1) is 5.92 Å². The molecule has 0 aromatic rings. The van der Waals surface area contributed by atoms with E-state index in [1.165, 1.54) is 88.2 Å². The van der Waals surface area contributed by atoms with Crippen molar-refractivity contribution in [2.45, 2.75) is 95.9 Å². The lowest BCUT2D eigenvalue weighted by molar-refractivity contribution is 0.105. The summed E-state index contributed by atoms with van der Waals surface area (Å²) in [5.74, 6) is 1.46. The SMILES string of the molecule is C=C/N=C(\C=C(/C=C)C1=C2CCCC(=C1)C2)N1CCN(C(=O)N2N=CCC2C2CCCCCCCCC2)CC1. The third-order valence-electron chi connectivity index (χ3n) is 9.32. The zero-order valence-electron chi connectivity index (χ0n) is 23.8. The lowest BCUT2D eigenvalue weighted by atomic mass is 9.85. The summed E-state index contributed by atoms with van der Waals surface area (Å²) in [4.78, 5) is 22.6. The Morgan fingerprint density at radius 1 is 0.923 bits per heavy atom.